The second-order valence-electron chi connectivity index (χ2n) is 7.13. The predicted octanol–water partition coefficient (Wildman–Crippen LogP) is 1.59. The van der Waals surface area contributed by atoms with Gasteiger partial charge in [0.15, 0.2) is 0 Å². The third-order valence-corrected chi connectivity index (χ3v) is 5.33. The summed E-state index contributed by atoms with van der Waals surface area (Å²) >= 11 is 0. The zero-order valence-electron chi connectivity index (χ0n) is 15.5. The smallest absolute Gasteiger partial charge is 0.292 e. The number of nitrogens with zero attached hydrogens (tertiary/aromatic N) is 4. The normalized spacial score (nSPS) is 20.0. The van der Waals surface area contributed by atoms with E-state index in [1.165, 1.54) is 18.7 Å². The maximum Gasteiger partial charge on any atom is 0.292 e. The Morgan fingerprint density at radius 2 is 2.19 bits per heavy atom. The first-order chi connectivity index (χ1) is 13.2. The van der Waals surface area contributed by atoms with Gasteiger partial charge in [-0.3, -0.25) is 14.7 Å². The Kier molecular flexibility index (Phi) is 5.09. The van der Waals surface area contributed by atoms with Gasteiger partial charge >= 0.3 is 0 Å². The summed E-state index contributed by atoms with van der Waals surface area (Å²) in [5.41, 5.74) is 1.03. The van der Waals surface area contributed by atoms with Gasteiger partial charge in [0.25, 0.3) is 11.8 Å². The maximum absolute atomic E-state index is 12.6. The lowest BCUT2D eigenvalue weighted by Gasteiger charge is -2.47. The van der Waals surface area contributed by atoms with Gasteiger partial charge in [0, 0.05) is 45.1 Å². The number of amides is 1. The van der Waals surface area contributed by atoms with Gasteiger partial charge in [0.1, 0.15) is 0 Å². The van der Waals surface area contributed by atoms with E-state index in [4.69, 9.17) is 14.0 Å². The van der Waals surface area contributed by atoms with Crippen LogP contribution in [0.2, 0.25) is 0 Å². The Bertz CT molecular complexity index is 771. The van der Waals surface area contributed by atoms with Crippen LogP contribution < -0.4 is 4.74 Å². The Labute approximate surface area is 158 Å². The van der Waals surface area contributed by atoms with Crippen LogP contribution in [0.3, 0.4) is 0 Å². The van der Waals surface area contributed by atoms with Crippen molar-refractivity contribution in [2.24, 2.45) is 0 Å². The first-order valence-electron chi connectivity index (χ1n) is 9.23. The van der Waals surface area contributed by atoms with Gasteiger partial charge in [-0.05, 0) is 29.6 Å². The van der Waals surface area contributed by atoms with Crippen LogP contribution in [-0.4, -0.2) is 71.3 Å². The lowest BCUT2D eigenvalue weighted by molar-refractivity contribution is -0.134. The molecule has 2 aliphatic rings. The van der Waals surface area contributed by atoms with E-state index in [-0.39, 0.29) is 17.3 Å². The molecule has 4 heterocycles. The molecular weight excluding hydrogens is 348 g/mol. The predicted molar refractivity (Wildman–Crippen MR) is 96.4 cm³/mol. The van der Waals surface area contributed by atoms with Crippen molar-refractivity contribution in [3.05, 3.63) is 41.9 Å². The molecule has 8 nitrogen and oxygen atoms in total. The molecule has 2 aromatic heterocycles. The van der Waals surface area contributed by atoms with E-state index >= 15 is 0 Å². The van der Waals surface area contributed by atoms with E-state index in [9.17, 15) is 4.79 Å². The quantitative estimate of drug-likeness (QED) is 0.806. The van der Waals surface area contributed by atoms with E-state index in [1.807, 2.05) is 12.3 Å². The molecule has 0 unspecified atom stereocenters. The molecule has 0 saturated carbocycles. The van der Waals surface area contributed by atoms with Crippen molar-refractivity contribution < 1.29 is 18.8 Å². The number of likely N-dealkylation sites (tertiary alicyclic amines) is 1. The van der Waals surface area contributed by atoms with Crippen molar-refractivity contribution >= 4 is 5.91 Å². The van der Waals surface area contributed by atoms with Gasteiger partial charge in [-0.15, -0.1) is 0 Å². The highest BCUT2D eigenvalue weighted by molar-refractivity contribution is 5.91. The molecule has 4 rings (SSSR count). The van der Waals surface area contributed by atoms with Gasteiger partial charge < -0.3 is 18.9 Å². The molecule has 0 atom stereocenters. The van der Waals surface area contributed by atoms with Crippen molar-refractivity contribution in [1.82, 2.24) is 19.9 Å². The summed E-state index contributed by atoms with van der Waals surface area (Å²) in [7, 11) is 1.49. The summed E-state index contributed by atoms with van der Waals surface area (Å²) in [6, 6.07) is 5.59. The SMILES string of the molecule is COc1cc(C(=O)N2CCC3(CC2)CN(Cc2cccnc2)CCO3)on1. The highest BCUT2D eigenvalue weighted by atomic mass is 16.5. The molecule has 0 bridgehead atoms. The molecule has 0 aromatic carbocycles. The van der Waals surface area contributed by atoms with Gasteiger partial charge in [-0.2, -0.15) is 0 Å². The monoisotopic (exact) mass is 372 g/mol. The third-order valence-electron chi connectivity index (χ3n) is 5.33. The zero-order valence-corrected chi connectivity index (χ0v) is 15.5. The molecular formula is C19H24N4O4. The summed E-state index contributed by atoms with van der Waals surface area (Å²) in [4.78, 5) is 21.0. The summed E-state index contributed by atoms with van der Waals surface area (Å²) in [5, 5.41) is 3.70. The van der Waals surface area contributed by atoms with Gasteiger partial charge in [0.2, 0.25) is 5.76 Å². The van der Waals surface area contributed by atoms with Crippen LogP contribution in [0.5, 0.6) is 5.88 Å². The average molecular weight is 372 g/mol. The molecule has 8 heteroatoms. The van der Waals surface area contributed by atoms with Gasteiger partial charge in [-0.25, -0.2) is 0 Å². The van der Waals surface area contributed by atoms with E-state index in [1.54, 1.807) is 11.1 Å². The number of pyridine rings is 1. The molecule has 2 aromatic rings. The van der Waals surface area contributed by atoms with Crippen molar-refractivity contribution in [2.75, 3.05) is 39.9 Å². The van der Waals surface area contributed by atoms with Crippen LogP contribution in [0.25, 0.3) is 0 Å². The minimum absolute atomic E-state index is 0.149. The molecule has 1 amide bonds. The largest absolute Gasteiger partial charge is 0.479 e. The fraction of sp³-hybridized carbons (Fsp3) is 0.526. The zero-order chi connectivity index (χ0) is 18.7. The van der Waals surface area contributed by atoms with Crippen LogP contribution in [0.1, 0.15) is 29.0 Å². The average Bonchev–Trinajstić information content (AvgIpc) is 3.18. The molecule has 0 N–H and O–H groups in total. The summed E-state index contributed by atoms with van der Waals surface area (Å²) < 4.78 is 16.2. The number of morpholine rings is 1. The number of carbonyl (C=O) groups is 1. The van der Waals surface area contributed by atoms with Crippen molar-refractivity contribution in [3.8, 4) is 5.88 Å². The molecule has 27 heavy (non-hydrogen) atoms. The fourth-order valence-electron chi connectivity index (χ4n) is 3.84. The fourth-order valence-corrected chi connectivity index (χ4v) is 3.84. The minimum atomic E-state index is -0.184. The van der Waals surface area contributed by atoms with Crippen LogP contribution in [-0.2, 0) is 11.3 Å². The van der Waals surface area contributed by atoms with Crippen molar-refractivity contribution in [2.45, 2.75) is 25.0 Å². The second-order valence-corrected chi connectivity index (χ2v) is 7.13. The number of rotatable bonds is 4. The molecule has 1 spiro atoms. The number of methoxy groups -OCH3 is 1. The number of carbonyl (C=O) groups excluding carboxylic acids is 1. The van der Waals surface area contributed by atoms with E-state index in [0.717, 1.165) is 32.5 Å². The van der Waals surface area contributed by atoms with E-state index in [0.29, 0.717) is 25.6 Å². The van der Waals surface area contributed by atoms with Gasteiger partial charge in [0.05, 0.1) is 25.4 Å². The van der Waals surface area contributed by atoms with Crippen LogP contribution in [0.4, 0.5) is 0 Å². The lowest BCUT2D eigenvalue weighted by atomic mass is 9.89. The van der Waals surface area contributed by atoms with Crippen LogP contribution >= 0.6 is 0 Å². The minimum Gasteiger partial charge on any atom is -0.479 e. The van der Waals surface area contributed by atoms with Crippen LogP contribution in [0.15, 0.2) is 35.1 Å². The Balaban J connectivity index is 1.35. The van der Waals surface area contributed by atoms with Crippen molar-refractivity contribution in [1.29, 1.82) is 0 Å². The van der Waals surface area contributed by atoms with Crippen LogP contribution in [0, 0.1) is 0 Å². The Morgan fingerprint density at radius 1 is 1.33 bits per heavy atom. The lowest BCUT2D eigenvalue weighted by Crippen LogP contribution is -2.57. The maximum atomic E-state index is 12.6. The summed E-state index contributed by atoms with van der Waals surface area (Å²) in [5.74, 6) is 0.378. The molecule has 2 saturated heterocycles. The second kappa shape index (κ2) is 7.66. The number of piperidine rings is 1. The molecule has 0 radical (unpaired) electrons. The standard InChI is InChI=1S/C19H24N4O4/c1-25-17-11-16(27-21-17)18(24)23-7-4-19(5-8-23)14-22(9-10-26-19)13-15-3-2-6-20-12-15/h2-3,6,11-12H,4-5,7-10,13-14H2,1H3. The highest BCUT2D eigenvalue weighted by Gasteiger charge is 2.41. The number of hydrogen-bond acceptors (Lipinski definition) is 7. The number of hydrogen-bond donors (Lipinski definition) is 0. The topological polar surface area (TPSA) is 80.9 Å². The van der Waals surface area contributed by atoms with E-state index in [2.05, 4.69) is 21.1 Å². The van der Waals surface area contributed by atoms with E-state index < -0.39 is 0 Å². The third kappa shape index (κ3) is 3.96. The Morgan fingerprint density at radius 3 is 2.89 bits per heavy atom. The number of ether oxygens (including phenoxy) is 2. The molecule has 0 aliphatic carbocycles. The molecule has 144 valence electrons. The summed E-state index contributed by atoms with van der Waals surface area (Å²) in [6.07, 6.45) is 5.33. The van der Waals surface area contributed by atoms with Crippen molar-refractivity contribution in [3.63, 3.8) is 0 Å². The first kappa shape index (κ1) is 17.9. The van der Waals surface area contributed by atoms with Gasteiger partial charge in [-0.1, -0.05) is 6.07 Å². The Hall–Kier alpha value is -2.45. The highest BCUT2D eigenvalue weighted by Crippen LogP contribution is 2.31. The summed E-state index contributed by atoms with van der Waals surface area (Å²) in [6.45, 7) is 4.66. The molecule has 2 aliphatic heterocycles. The number of aromatic nitrogens is 2. The molecule has 2 fully saturated rings. The first-order valence-corrected chi connectivity index (χ1v) is 9.23.